The number of nitrogens with two attached hydrogens (primary N) is 1. The Morgan fingerprint density at radius 1 is 1.29 bits per heavy atom. The molecule has 0 fully saturated rings. The van der Waals surface area contributed by atoms with Gasteiger partial charge in [-0.1, -0.05) is 0 Å². The van der Waals surface area contributed by atoms with Gasteiger partial charge in [-0.15, -0.1) is 10.3 Å². The smallest absolute Gasteiger partial charge is 0.335 e. The van der Waals surface area contributed by atoms with Crippen molar-refractivity contribution in [3.8, 4) is 0 Å². The summed E-state index contributed by atoms with van der Waals surface area (Å²) in [5.74, 6) is -1.13. The number of aliphatic carboxylic acids is 1. The van der Waals surface area contributed by atoms with Crippen molar-refractivity contribution < 1.29 is 15.1 Å². The van der Waals surface area contributed by atoms with E-state index in [4.69, 9.17) is 10.8 Å². The molecule has 1 heterocycles. The predicted octanol–water partition coefficient (Wildman–Crippen LogP) is 0.502. The van der Waals surface area contributed by atoms with Crippen molar-refractivity contribution in [1.82, 2.24) is 5.06 Å². The first-order chi connectivity index (χ1) is 6.13. The number of rotatable bonds is 1. The molecule has 0 saturated carbocycles. The topological polar surface area (TPSA) is 86.5 Å². The Morgan fingerprint density at radius 2 is 1.71 bits per heavy atom. The van der Waals surface area contributed by atoms with Gasteiger partial charge in [0.05, 0.1) is 16.7 Å². The fourth-order valence-electron chi connectivity index (χ4n) is 1.92. The average molecular weight is 199 g/mol. The van der Waals surface area contributed by atoms with Crippen LogP contribution in [-0.4, -0.2) is 27.2 Å². The molecule has 1 radical (unpaired) electrons. The van der Waals surface area contributed by atoms with Crippen LogP contribution in [0, 0.1) is 0 Å². The number of hydrogen-bond donors (Lipinski definition) is 2. The maximum atomic E-state index is 11.8. The number of carboxylic acid groups (broad SMARTS) is 1. The maximum absolute atomic E-state index is 11.8. The van der Waals surface area contributed by atoms with Gasteiger partial charge in [0.25, 0.3) is 0 Å². The van der Waals surface area contributed by atoms with Crippen molar-refractivity contribution >= 4 is 5.97 Å². The summed E-state index contributed by atoms with van der Waals surface area (Å²) in [6.07, 6.45) is 0. The van der Waals surface area contributed by atoms with E-state index in [-0.39, 0.29) is 11.3 Å². The zero-order valence-corrected chi connectivity index (χ0v) is 8.79. The average Bonchev–Trinajstić information content (AvgIpc) is 2.10. The summed E-state index contributed by atoms with van der Waals surface area (Å²) in [4.78, 5) is 11.0. The molecule has 3 N–H and O–H groups in total. The summed E-state index contributed by atoms with van der Waals surface area (Å²) in [6, 6.07) is 0. The molecule has 0 unspecified atom stereocenters. The van der Waals surface area contributed by atoms with E-state index < -0.39 is 17.0 Å². The highest BCUT2D eigenvalue weighted by atomic mass is 16.5. The molecule has 0 aromatic carbocycles. The third-order valence-corrected chi connectivity index (χ3v) is 2.77. The molecular weight excluding hydrogens is 184 g/mol. The molecule has 0 aromatic rings. The Labute approximate surface area is 82.8 Å². The zero-order chi connectivity index (χ0) is 11.3. The van der Waals surface area contributed by atoms with E-state index in [1.54, 1.807) is 27.7 Å². The molecule has 14 heavy (non-hydrogen) atoms. The van der Waals surface area contributed by atoms with Crippen LogP contribution in [0.4, 0.5) is 0 Å². The summed E-state index contributed by atoms with van der Waals surface area (Å²) in [5.41, 5.74) is 3.80. The number of carbonyl (C=O) groups is 1. The quantitative estimate of drug-likeness (QED) is 0.644. The van der Waals surface area contributed by atoms with E-state index in [2.05, 4.69) is 0 Å². The van der Waals surface area contributed by atoms with Crippen molar-refractivity contribution in [3.05, 3.63) is 11.3 Å². The maximum Gasteiger partial charge on any atom is 0.335 e. The first kappa shape index (κ1) is 11.0. The van der Waals surface area contributed by atoms with Crippen LogP contribution in [0.15, 0.2) is 11.3 Å². The normalized spacial score (nSPS) is 25.5. The molecule has 0 saturated heterocycles. The summed E-state index contributed by atoms with van der Waals surface area (Å²) in [5, 5.41) is 21.5. The molecule has 1 aliphatic rings. The van der Waals surface area contributed by atoms with Crippen LogP contribution in [-0.2, 0) is 10.0 Å². The van der Waals surface area contributed by atoms with E-state index in [1.165, 1.54) is 0 Å². The Morgan fingerprint density at radius 3 is 1.86 bits per heavy atom. The molecule has 0 amide bonds. The molecule has 5 nitrogen and oxygen atoms in total. The SMILES string of the molecule is CC1(C)C(N)=C(C(=O)O)C(C)(C)N1[O]. The first-order valence-electron chi connectivity index (χ1n) is 4.35. The lowest BCUT2D eigenvalue weighted by Gasteiger charge is -2.33. The summed E-state index contributed by atoms with van der Waals surface area (Å²) < 4.78 is 0. The first-order valence-corrected chi connectivity index (χ1v) is 4.35. The Kier molecular flexibility index (Phi) is 2.13. The molecule has 0 atom stereocenters. The number of hydroxylamine groups is 2. The fourth-order valence-corrected chi connectivity index (χ4v) is 1.92. The van der Waals surface area contributed by atoms with Crippen LogP contribution in [0.3, 0.4) is 0 Å². The largest absolute Gasteiger partial charge is 0.478 e. The molecule has 0 spiro atoms. The van der Waals surface area contributed by atoms with Gasteiger partial charge >= 0.3 is 5.97 Å². The fraction of sp³-hybridized carbons (Fsp3) is 0.667. The molecule has 79 valence electrons. The molecule has 5 heteroatoms. The van der Waals surface area contributed by atoms with Crippen molar-refractivity contribution in [2.45, 2.75) is 38.8 Å². The van der Waals surface area contributed by atoms with Gasteiger partial charge in [0.15, 0.2) is 0 Å². The van der Waals surface area contributed by atoms with Crippen LogP contribution in [0.2, 0.25) is 0 Å². The number of hydrogen-bond acceptors (Lipinski definition) is 3. The number of nitrogens with zero attached hydrogens (tertiary/aromatic N) is 1. The highest BCUT2D eigenvalue weighted by Crippen LogP contribution is 2.41. The molecule has 0 aliphatic carbocycles. The minimum Gasteiger partial charge on any atom is -0.478 e. The molecular formula is C9H15N2O3. The van der Waals surface area contributed by atoms with E-state index in [0.29, 0.717) is 0 Å². The van der Waals surface area contributed by atoms with Crippen LogP contribution in [0.25, 0.3) is 0 Å². The van der Waals surface area contributed by atoms with Gasteiger partial charge in [0.2, 0.25) is 0 Å². The Balaban J connectivity index is 3.37. The van der Waals surface area contributed by atoms with E-state index >= 15 is 0 Å². The van der Waals surface area contributed by atoms with Gasteiger partial charge in [-0.3, -0.25) is 0 Å². The van der Waals surface area contributed by atoms with E-state index in [0.717, 1.165) is 5.06 Å². The second-order valence-electron chi connectivity index (χ2n) is 4.51. The van der Waals surface area contributed by atoms with Crippen LogP contribution < -0.4 is 5.73 Å². The lowest BCUT2D eigenvalue weighted by molar-refractivity contribution is -0.240. The summed E-state index contributed by atoms with van der Waals surface area (Å²) in [7, 11) is 0. The number of carboxylic acids is 1. The van der Waals surface area contributed by atoms with Gasteiger partial charge in [-0.05, 0) is 27.7 Å². The Hall–Kier alpha value is -1.07. The lowest BCUT2D eigenvalue weighted by atomic mass is 9.95. The third kappa shape index (κ3) is 1.13. The highest BCUT2D eigenvalue weighted by Gasteiger charge is 2.53. The molecule has 0 aromatic heterocycles. The zero-order valence-electron chi connectivity index (χ0n) is 8.79. The van der Waals surface area contributed by atoms with Crippen molar-refractivity contribution in [1.29, 1.82) is 0 Å². The van der Waals surface area contributed by atoms with Crippen LogP contribution in [0.5, 0.6) is 0 Å². The highest BCUT2D eigenvalue weighted by molar-refractivity contribution is 5.91. The monoisotopic (exact) mass is 199 g/mol. The van der Waals surface area contributed by atoms with Gasteiger partial charge in [0.1, 0.15) is 0 Å². The summed E-state index contributed by atoms with van der Waals surface area (Å²) >= 11 is 0. The van der Waals surface area contributed by atoms with E-state index in [9.17, 15) is 10.0 Å². The molecule has 1 aliphatic heterocycles. The lowest BCUT2D eigenvalue weighted by Crippen LogP contribution is -2.48. The van der Waals surface area contributed by atoms with Crippen molar-refractivity contribution in [3.63, 3.8) is 0 Å². The minimum atomic E-state index is -1.13. The van der Waals surface area contributed by atoms with Crippen molar-refractivity contribution in [2.24, 2.45) is 5.73 Å². The van der Waals surface area contributed by atoms with Gasteiger partial charge in [-0.25, -0.2) is 4.79 Å². The minimum absolute atomic E-state index is 0.00231. The van der Waals surface area contributed by atoms with Crippen LogP contribution in [0.1, 0.15) is 27.7 Å². The van der Waals surface area contributed by atoms with Gasteiger partial charge in [0, 0.05) is 5.70 Å². The molecule has 1 rings (SSSR count). The summed E-state index contributed by atoms with van der Waals surface area (Å²) in [6.45, 7) is 6.36. The van der Waals surface area contributed by atoms with Crippen LogP contribution >= 0.6 is 0 Å². The predicted molar refractivity (Wildman–Crippen MR) is 49.5 cm³/mol. The Bertz CT molecular complexity index is 318. The second kappa shape index (κ2) is 2.71. The standard InChI is InChI=1S/C9H15N2O3/c1-8(2)5(7(12)13)6(10)9(3,4)11(8)14/h10H2,1-4H3,(H,12,13). The second-order valence-corrected chi connectivity index (χ2v) is 4.51. The third-order valence-electron chi connectivity index (χ3n) is 2.77. The van der Waals surface area contributed by atoms with Crippen molar-refractivity contribution in [2.75, 3.05) is 0 Å². The van der Waals surface area contributed by atoms with Gasteiger partial charge in [-0.2, -0.15) is 0 Å². The van der Waals surface area contributed by atoms with Gasteiger partial charge < -0.3 is 10.8 Å². The van der Waals surface area contributed by atoms with E-state index in [1.807, 2.05) is 0 Å². The molecule has 0 bridgehead atoms.